The van der Waals surface area contributed by atoms with Crippen LogP contribution in [-0.2, 0) is 9.59 Å². The third-order valence-corrected chi connectivity index (χ3v) is 4.70. The lowest BCUT2D eigenvalue weighted by molar-refractivity contribution is -0.120. The topological polar surface area (TPSA) is 117 Å². The minimum absolute atomic E-state index is 0.0710. The lowest BCUT2D eigenvalue weighted by atomic mass is 9.71. The van der Waals surface area contributed by atoms with Crippen molar-refractivity contribution in [3.63, 3.8) is 0 Å². The summed E-state index contributed by atoms with van der Waals surface area (Å²) in [4.78, 5) is 23.4. The van der Waals surface area contributed by atoms with E-state index in [2.05, 4.69) is 5.32 Å². The van der Waals surface area contributed by atoms with Crippen molar-refractivity contribution in [1.29, 1.82) is 0 Å². The molecule has 0 aliphatic heterocycles. The first-order valence-corrected chi connectivity index (χ1v) is 8.57. The van der Waals surface area contributed by atoms with E-state index in [4.69, 9.17) is 20.9 Å². The average molecular weight is 349 g/mol. The van der Waals surface area contributed by atoms with E-state index in [1.165, 1.54) is 13.5 Å². The van der Waals surface area contributed by atoms with Crippen LogP contribution in [0.15, 0.2) is 18.2 Å². The van der Waals surface area contributed by atoms with Crippen LogP contribution in [0.3, 0.4) is 0 Å². The van der Waals surface area contributed by atoms with Gasteiger partial charge in [-0.25, -0.2) is 0 Å². The summed E-state index contributed by atoms with van der Waals surface area (Å²) in [5.41, 5.74) is 11.5. The van der Waals surface area contributed by atoms with E-state index in [-0.39, 0.29) is 17.9 Å². The van der Waals surface area contributed by atoms with Crippen molar-refractivity contribution in [3.8, 4) is 11.5 Å². The largest absolute Gasteiger partial charge is 0.493 e. The van der Waals surface area contributed by atoms with Crippen molar-refractivity contribution in [2.45, 2.75) is 38.5 Å². The fourth-order valence-corrected chi connectivity index (χ4v) is 3.32. The van der Waals surface area contributed by atoms with E-state index in [0.717, 1.165) is 25.7 Å². The number of primary amides is 1. The second kappa shape index (κ2) is 8.71. The molecule has 1 aliphatic carbocycles. The molecule has 0 unspecified atom stereocenters. The quantitative estimate of drug-likeness (QED) is 0.661. The van der Waals surface area contributed by atoms with Gasteiger partial charge in [0.15, 0.2) is 18.1 Å². The molecule has 1 aliphatic rings. The second-order valence-corrected chi connectivity index (χ2v) is 6.61. The molecule has 1 fully saturated rings. The zero-order valence-electron chi connectivity index (χ0n) is 14.7. The van der Waals surface area contributed by atoms with Crippen LogP contribution in [-0.4, -0.2) is 32.1 Å². The molecule has 25 heavy (non-hydrogen) atoms. The van der Waals surface area contributed by atoms with Gasteiger partial charge in [0.2, 0.25) is 5.91 Å². The van der Waals surface area contributed by atoms with Crippen LogP contribution in [0.5, 0.6) is 11.5 Å². The summed E-state index contributed by atoms with van der Waals surface area (Å²) >= 11 is 0. The molecule has 1 aromatic rings. The van der Waals surface area contributed by atoms with Crippen LogP contribution < -0.4 is 26.3 Å². The maximum Gasteiger partial charge on any atom is 0.255 e. The second-order valence-electron chi connectivity index (χ2n) is 6.61. The fraction of sp³-hybridized carbons (Fsp3) is 0.556. The molecule has 1 aromatic carbocycles. The molecule has 0 radical (unpaired) electrons. The molecule has 0 aromatic heterocycles. The number of carbonyl (C=O) groups excluding carboxylic acids is 2. The molecule has 1 saturated carbocycles. The predicted molar refractivity (Wildman–Crippen MR) is 95.5 cm³/mol. The zero-order valence-corrected chi connectivity index (χ0v) is 14.7. The average Bonchev–Trinajstić information content (AvgIpc) is 2.60. The summed E-state index contributed by atoms with van der Waals surface area (Å²) in [6, 6.07) is 5.02. The lowest BCUT2D eigenvalue weighted by Crippen LogP contribution is -2.36. The van der Waals surface area contributed by atoms with Gasteiger partial charge in [-0.2, -0.15) is 0 Å². The molecule has 5 N–H and O–H groups in total. The molecule has 0 bridgehead atoms. The maximum atomic E-state index is 12.5. The van der Waals surface area contributed by atoms with Gasteiger partial charge in [-0.3, -0.25) is 9.59 Å². The lowest BCUT2D eigenvalue weighted by Gasteiger charge is -2.35. The third kappa shape index (κ3) is 5.35. The summed E-state index contributed by atoms with van der Waals surface area (Å²) in [5.74, 6) is 0.160. The normalized spacial score (nSPS) is 16.1. The Morgan fingerprint density at radius 3 is 2.52 bits per heavy atom. The first kappa shape index (κ1) is 19.1. The number of methoxy groups -OCH3 is 1. The van der Waals surface area contributed by atoms with Gasteiger partial charge in [0.1, 0.15) is 0 Å². The van der Waals surface area contributed by atoms with Gasteiger partial charge in [0, 0.05) is 18.2 Å². The maximum absolute atomic E-state index is 12.5. The van der Waals surface area contributed by atoms with E-state index >= 15 is 0 Å². The molecule has 0 spiro atoms. The number of benzene rings is 1. The van der Waals surface area contributed by atoms with Crippen LogP contribution in [0.25, 0.3) is 0 Å². The number of carbonyl (C=O) groups is 2. The highest BCUT2D eigenvalue weighted by Crippen LogP contribution is 2.38. The van der Waals surface area contributed by atoms with Gasteiger partial charge in [0.25, 0.3) is 5.91 Å². The number of rotatable bonds is 8. The summed E-state index contributed by atoms with van der Waals surface area (Å²) in [7, 11) is 1.50. The van der Waals surface area contributed by atoms with Crippen molar-refractivity contribution < 1.29 is 19.1 Å². The Morgan fingerprint density at radius 2 is 1.92 bits per heavy atom. The first-order chi connectivity index (χ1) is 12.0. The van der Waals surface area contributed by atoms with E-state index in [0.29, 0.717) is 30.2 Å². The van der Waals surface area contributed by atoms with Crippen LogP contribution in [0, 0.1) is 5.41 Å². The van der Waals surface area contributed by atoms with Crippen molar-refractivity contribution in [2.24, 2.45) is 16.9 Å². The van der Waals surface area contributed by atoms with Gasteiger partial charge in [-0.15, -0.1) is 0 Å². The SMILES string of the molecule is COc1ccc(NC(=O)CC2(CN)CCCCC2)cc1OCC(N)=O. The zero-order chi connectivity index (χ0) is 18.3. The molecular formula is C18H27N3O4. The van der Waals surface area contributed by atoms with E-state index in [1.54, 1.807) is 18.2 Å². The predicted octanol–water partition coefficient (Wildman–Crippen LogP) is 1.80. The molecule has 138 valence electrons. The van der Waals surface area contributed by atoms with Crippen LogP contribution in [0.1, 0.15) is 38.5 Å². The van der Waals surface area contributed by atoms with Gasteiger partial charge in [-0.05, 0) is 36.9 Å². The molecule has 2 amide bonds. The fourth-order valence-electron chi connectivity index (χ4n) is 3.32. The third-order valence-electron chi connectivity index (χ3n) is 4.70. The molecule has 0 heterocycles. The van der Waals surface area contributed by atoms with E-state index in [9.17, 15) is 9.59 Å². The summed E-state index contributed by atoms with van der Waals surface area (Å²) < 4.78 is 10.5. The number of nitrogens with two attached hydrogens (primary N) is 2. The Balaban J connectivity index is 2.04. The molecule has 7 nitrogen and oxygen atoms in total. The Hall–Kier alpha value is -2.28. The van der Waals surface area contributed by atoms with Crippen molar-refractivity contribution in [3.05, 3.63) is 18.2 Å². The standard InChI is InChI=1S/C18H27N3O4/c1-24-14-6-5-13(9-15(14)25-11-16(20)22)21-17(23)10-18(12-19)7-3-2-4-8-18/h5-6,9H,2-4,7-8,10-12,19H2,1H3,(H2,20,22)(H,21,23). The number of anilines is 1. The van der Waals surface area contributed by atoms with Crippen molar-refractivity contribution in [1.82, 2.24) is 0 Å². The molecule has 0 saturated heterocycles. The van der Waals surface area contributed by atoms with E-state index in [1.807, 2.05) is 0 Å². The summed E-state index contributed by atoms with van der Waals surface area (Å²) in [6.45, 7) is 0.264. The number of hydrogen-bond acceptors (Lipinski definition) is 5. The Kier molecular flexibility index (Phi) is 6.64. The smallest absolute Gasteiger partial charge is 0.255 e. The minimum atomic E-state index is -0.585. The van der Waals surface area contributed by atoms with Gasteiger partial charge >= 0.3 is 0 Å². The van der Waals surface area contributed by atoms with E-state index < -0.39 is 5.91 Å². The van der Waals surface area contributed by atoms with Crippen molar-refractivity contribution >= 4 is 17.5 Å². The molecule has 2 rings (SSSR count). The Morgan fingerprint density at radius 1 is 1.20 bits per heavy atom. The monoisotopic (exact) mass is 349 g/mol. The molecule has 0 atom stereocenters. The number of nitrogens with one attached hydrogen (secondary N) is 1. The van der Waals surface area contributed by atoms with Crippen molar-refractivity contribution in [2.75, 3.05) is 25.6 Å². The van der Waals surface area contributed by atoms with Crippen LogP contribution in [0.4, 0.5) is 5.69 Å². The van der Waals surface area contributed by atoms with Gasteiger partial charge in [0.05, 0.1) is 7.11 Å². The summed E-state index contributed by atoms with van der Waals surface area (Å²) in [5, 5.41) is 2.88. The first-order valence-electron chi connectivity index (χ1n) is 8.57. The highest BCUT2D eigenvalue weighted by Gasteiger charge is 2.33. The number of ether oxygens (including phenoxy) is 2. The van der Waals surface area contributed by atoms with Gasteiger partial charge < -0.3 is 26.3 Å². The highest BCUT2D eigenvalue weighted by atomic mass is 16.5. The number of amides is 2. The highest BCUT2D eigenvalue weighted by molar-refractivity contribution is 5.91. The number of hydrogen-bond donors (Lipinski definition) is 3. The van der Waals surface area contributed by atoms with Crippen LogP contribution in [0.2, 0.25) is 0 Å². The molecular weight excluding hydrogens is 322 g/mol. The Bertz CT molecular complexity index is 612. The molecule has 7 heteroatoms. The Labute approximate surface area is 148 Å². The summed E-state index contributed by atoms with van der Waals surface area (Å²) in [6.07, 6.45) is 5.85. The van der Waals surface area contributed by atoms with Crippen LogP contribution >= 0.6 is 0 Å². The van der Waals surface area contributed by atoms with Gasteiger partial charge in [-0.1, -0.05) is 19.3 Å². The minimum Gasteiger partial charge on any atom is -0.493 e.